The Kier molecular flexibility index (Phi) is 5.87. The van der Waals surface area contributed by atoms with E-state index >= 15 is 0 Å². The molecule has 1 aliphatic heterocycles. The number of hydrogen-bond donors (Lipinski definition) is 0. The lowest BCUT2D eigenvalue weighted by Crippen LogP contribution is -2.48. The number of rotatable bonds is 4. The zero-order valence-electron chi connectivity index (χ0n) is 13.2. The Morgan fingerprint density at radius 3 is 2.40 bits per heavy atom. The van der Waals surface area contributed by atoms with E-state index in [4.69, 9.17) is 27.9 Å². The standard InChI is InChI=1S/C15H15BrCl2N2O3S2/c1-23-11-4-2-3-10(9-11)19-5-7-20(8-6-19)25(21,22)13-12(16)14(17)24-15(13)18/h2-4,9H,5-8H2,1H3. The fraction of sp³-hybridized carbons (Fsp3) is 0.333. The lowest BCUT2D eigenvalue weighted by atomic mass is 10.2. The van der Waals surface area contributed by atoms with Gasteiger partial charge in [0.25, 0.3) is 0 Å². The molecule has 1 saturated heterocycles. The van der Waals surface area contributed by atoms with Crippen molar-refractivity contribution in [2.75, 3.05) is 38.2 Å². The van der Waals surface area contributed by atoms with Crippen molar-refractivity contribution in [2.24, 2.45) is 0 Å². The first-order valence-electron chi connectivity index (χ1n) is 7.37. The first kappa shape index (κ1) is 19.3. The highest BCUT2D eigenvalue weighted by Gasteiger charge is 2.34. The molecule has 3 rings (SSSR count). The number of benzene rings is 1. The molecule has 0 amide bonds. The van der Waals surface area contributed by atoms with E-state index in [0.29, 0.717) is 35.0 Å². The lowest BCUT2D eigenvalue weighted by Gasteiger charge is -2.35. The van der Waals surface area contributed by atoms with Gasteiger partial charge in [-0.2, -0.15) is 4.31 Å². The first-order chi connectivity index (χ1) is 11.8. The molecule has 25 heavy (non-hydrogen) atoms. The quantitative estimate of drug-likeness (QED) is 0.646. The average molecular weight is 486 g/mol. The maximum Gasteiger partial charge on any atom is 0.246 e. The minimum Gasteiger partial charge on any atom is -0.497 e. The Hall–Kier alpha value is -0.510. The van der Waals surface area contributed by atoms with Gasteiger partial charge in [-0.05, 0) is 28.1 Å². The monoisotopic (exact) mass is 484 g/mol. The molecule has 0 atom stereocenters. The Morgan fingerprint density at radius 1 is 1.16 bits per heavy atom. The van der Waals surface area contributed by atoms with Crippen molar-refractivity contribution in [2.45, 2.75) is 4.90 Å². The van der Waals surface area contributed by atoms with Crippen LogP contribution in [-0.4, -0.2) is 46.0 Å². The van der Waals surface area contributed by atoms with Crippen LogP contribution in [0.2, 0.25) is 8.67 Å². The van der Waals surface area contributed by atoms with Gasteiger partial charge < -0.3 is 9.64 Å². The predicted octanol–water partition coefficient (Wildman–Crippen LogP) is 4.34. The van der Waals surface area contributed by atoms with Crippen molar-refractivity contribution in [1.82, 2.24) is 4.31 Å². The van der Waals surface area contributed by atoms with Gasteiger partial charge in [0, 0.05) is 37.9 Å². The molecular formula is C15H15BrCl2N2O3S2. The zero-order valence-corrected chi connectivity index (χ0v) is 17.9. The summed E-state index contributed by atoms with van der Waals surface area (Å²) < 4.78 is 33.3. The van der Waals surface area contributed by atoms with E-state index in [-0.39, 0.29) is 9.23 Å². The minimum absolute atomic E-state index is 0.0546. The fourth-order valence-electron chi connectivity index (χ4n) is 2.68. The molecule has 10 heteroatoms. The number of halogens is 3. The number of thiophene rings is 1. The van der Waals surface area contributed by atoms with Crippen LogP contribution in [-0.2, 0) is 10.0 Å². The summed E-state index contributed by atoms with van der Waals surface area (Å²) in [6.07, 6.45) is 0. The number of hydrogen-bond acceptors (Lipinski definition) is 5. The topological polar surface area (TPSA) is 49.9 Å². The summed E-state index contributed by atoms with van der Waals surface area (Å²) in [4.78, 5) is 2.19. The summed E-state index contributed by atoms with van der Waals surface area (Å²) in [6, 6.07) is 7.72. The second-order valence-electron chi connectivity index (χ2n) is 5.39. The van der Waals surface area contributed by atoms with E-state index in [1.165, 1.54) is 4.31 Å². The van der Waals surface area contributed by atoms with Crippen LogP contribution in [0.3, 0.4) is 0 Å². The molecule has 1 fully saturated rings. The lowest BCUT2D eigenvalue weighted by molar-refractivity contribution is 0.384. The molecule has 0 aliphatic carbocycles. The molecular weight excluding hydrogens is 471 g/mol. The van der Waals surface area contributed by atoms with Gasteiger partial charge in [-0.1, -0.05) is 29.3 Å². The molecule has 1 aliphatic rings. The van der Waals surface area contributed by atoms with E-state index < -0.39 is 10.0 Å². The maximum absolute atomic E-state index is 12.9. The third kappa shape index (κ3) is 3.79. The van der Waals surface area contributed by atoms with Crippen LogP contribution in [0.1, 0.15) is 0 Å². The molecule has 2 aromatic rings. The number of piperazine rings is 1. The van der Waals surface area contributed by atoms with Crippen molar-refractivity contribution in [3.63, 3.8) is 0 Å². The van der Waals surface area contributed by atoms with Crippen LogP contribution in [0.15, 0.2) is 33.6 Å². The fourth-order valence-corrected chi connectivity index (χ4v) is 7.58. The summed E-state index contributed by atoms with van der Waals surface area (Å²) >= 11 is 16.4. The Morgan fingerprint density at radius 2 is 1.84 bits per heavy atom. The summed E-state index contributed by atoms with van der Waals surface area (Å²) in [6.45, 7) is 1.91. The van der Waals surface area contributed by atoms with Gasteiger partial charge in [0.05, 0.1) is 11.6 Å². The highest BCUT2D eigenvalue weighted by atomic mass is 79.9. The number of sulfonamides is 1. The largest absolute Gasteiger partial charge is 0.497 e. The minimum atomic E-state index is -3.69. The summed E-state index contributed by atoms with van der Waals surface area (Å²) in [5.41, 5.74) is 1.01. The van der Waals surface area contributed by atoms with Crippen LogP contribution >= 0.6 is 50.5 Å². The van der Waals surface area contributed by atoms with E-state index in [1.807, 2.05) is 24.3 Å². The molecule has 0 spiro atoms. The van der Waals surface area contributed by atoms with Gasteiger partial charge in [0.15, 0.2) is 0 Å². The van der Waals surface area contributed by atoms with Gasteiger partial charge in [0.2, 0.25) is 10.0 Å². The summed E-state index contributed by atoms with van der Waals surface area (Å²) in [7, 11) is -2.07. The number of anilines is 1. The third-order valence-electron chi connectivity index (χ3n) is 3.98. The third-order valence-corrected chi connectivity index (χ3v) is 9.35. The van der Waals surface area contributed by atoms with Gasteiger partial charge >= 0.3 is 0 Å². The molecule has 5 nitrogen and oxygen atoms in total. The van der Waals surface area contributed by atoms with E-state index in [1.54, 1.807) is 7.11 Å². The molecule has 0 radical (unpaired) electrons. The van der Waals surface area contributed by atoms with Crippen LogP contribution in [0, 0.1) is 0 Å². The molecule has 2 heterocycles. The van der Waals surface area contributed by atoms with Crippen molar-refractivity contribution >= 4 is 66.2 Å². The van der Waals surface area contributed by atoms with Crippen molar-refractivity contribution < 1.29 is 13.2 Å². The van der Waals surface area contributed by atoms with Gasteiger partial charge in [-0.15, -0.1) is 11.3 Å². The molecule has 0 bridgehead atoms. The first-order valence-corrected chi connectivity index (χ1v) is 11.2. The normalized spacial score (nSPS) is 16.2. The molecule has 1 aromatic carbocycles. The predicted molar refractivity (Wildman–Crippen MR) is 106 cm³/mol. The number of nitrogens with zero attached hydrogens (tertiary/aromatic N) is 2. The van der Waals surface area contributed by atoms with Gasteiger partial charge in [0.1, 0.15) is 19.3 Å². The number of ether oxygens (including phenoxy) is 1. The maximum atomic E-state index is 12.9. The van der Waals surface area contributed by atoms with E-state index in [0.717, 1.165) is 22.8 Å². The van der Waals surface area contributed by atoms with Crippen LogP contribution in [0.25, 0.3) is 0 Å². The summed E-state index contributed by atoms with van der Waals surface area (Å²) in [5, 5.41) is 0. The Labute approximate surface area is 169 Å². The SMILES string of the molecule is COc1cccc(N2CCN(S(=O)(=O)c3c(Cl)sc(Cl)c3Br)CC2)c1. The zero-order chi connectivity index (χ0) is 18.2. The van der Waals surface area contributed by atoms with Gasteiger partial charge in [-0.25, -0.2) is 8.42 Å². The second-order valence-corrected chi connectivity index (χ2v) is 10.3. The Bertz CT molecular complexity index is 881. The highest BCUT2D eigenvalue weighted by Crippen LogP contribution is 2.44. The average Bonchev–Trinajstić information content (AvgIpc) is 2.87. The molecule has 136 valence electrons. The van der Waals surface area contributed by atoms with E-state index in [9.17, 15) is 8.42 Å². The molecule has 1 aromatic heterocycles. The Balaban J connectivity index is 1.77. The second kappa shape index (κ2) is 7.62. The van der Waals surface area contributed by atoms with Crippen molar-refractivity contribution in [3.8, 4) is 5.75 Å². The van der Waals surface area contributed by atoms with E-state index in [2.05, 4.69) is 20.8 Å². The van der Waals surface area contributed by atoms with Crippen molar-refractivity contribution in [1.29, 1.82) is 0 Å². The van der Waals surface area contributed by atoms with Gasteiger partial charge in [-0.3, -0.25) is 0 Å². The molecule has 0 N–H and O–H groups in total. The van der Waals surface area contributed by atoms with Crippen LogP contribution in [0.4, 0.5) is 5.69 Å². The smallest absolute Gasteiger partial charge is 0.246 e. The number of methoxy groups -OCH3 is 1. The van der Waals surface area contributed by atoms with Crippen molar-refractivity contribution in [3.05, 3.63) is 37.4 Å². The molecule has 0 saturated carbocycles. The van der Waals surface area contributed by atoms with Crippen LogP contribution < -0.4 is 9.64 Å². The van der Waals surface area contributed by atoms with Crippen LogP contribution in [0.5, 0.6) is 5.75 Å². The highest BCUT2D eigenvalue weighted by molar-refractivity contribution is 9.10. The summed E-state index contributed by atoms with van der Waals surface area (Å²) in [5.74, 6) is 0.774. The molecule has 0 unspecified atom stereocenters.